The molecule has 1 aromatic carbocycles. The second-order valence-corrected chi connectivity index (χ2v) is 6.79. The molecule has 0 saturated carbocycles. The molecule has 27 heavy (non-hydrogen) atoms. The lowest BCUT2D eigenvalue weighted by Crippen LogP contribution is -2.30. The van der Waals surface area contributed by atoms with Crippen molar-refractivity contribution in [1.29, 1.82) is 0 Å². The van der Waals surface area contributed by atoms with Gasteiger partial charge >= 0.3 is 0 Å². The zero-order valence-corrected chi connectivity index (χ0v) is 17.2. The second kappa shape index (κ2) is 12.8. The van der Waals surface area contributed by atoms with E-state index in [0.717, 1.165) is 38.3 Å². The number of hydrogen-bond acceptors (Lipinski definition) is 3. The predicted octanol–water partition coefficient (Wildman–Crippen LogP) is 3.21. The van der Waals surface area contributed by atoms with E-state index in [4.69, 9.17) is 0 Å². The highest BCUT2D eigenvalue weighted by molar-refractivity contribution is 5.85. The number of nitrogens with zero attached hydrogens (tertiary/aromatic N) is 2. The van der Waals surface area contributed by atoms with Crippen LogP contribution in [0.25, 0.3) is 0 Å². The molecule has 3 rings (SSSR count). The molecule has 1 aliphatic rings. The zero-order valence-electron chi connectivity index (χ0n) is 15.6. The van der Waals surface area contributed by atoms with E-state index in [0.29, 0.717) is 18.9 Å². The van der Waals surface area contributed by atoms with Gasteiger partial charge in [0.1, 0.15) is 5.82 Å². The van der Waals surface area contributed by atoms with Gasteiger partial charge in [0, 0.05) is 38.3 Å². The first-order valence-corrected chi connectivity index (χ1v) is 9.32. The third kappa shape index (κ3) is 7.91. The Hall–Kier alpha value is -1.56. The van der Waals surface area contributed by atoms with Gasteiger partial charge in [-0.2, -0.15) is 0 Å². The molecule has 1 amide bonds. The molecule has 2 heterocycles. The topological polar surface area (TPSA) is 59.0 Å². The predicted molar refractivity (Wildman–Crippen MR) is 114 cm³/mol. The van der Waals surface area contributed by atoms with Gasteiger partial charge in [0.15, 0.2) is 0 Å². The van der Waals surface area contributed by atoms with Crippen LogP contribution in [0, 0.1) is 5.92 Å². The Morgan fingerprint density at radius 1 is 1.19 bits per heavy atom. The highest BCUT2D eigenvalue weighted by Crippen LogP contribution is 2.17. The number of aromatic nitrogens is 2. The number of rotatable bonds is 8. The van der Waals surface area contributed by atoms with Crippen LogP contribution < -0.4 is 10.6 Å². The van der Waals surface area contributed by atoms with Gasteiger partial charge < -0.3 is 15.2 Å². The molecule has 5 nitrogen and oxygen atoms in total. The molecule has 2 N–H and O–H groups in total. The SMILES string of the molecule is Cl.Cl.O=C(CCC1CCNCC1)NCCc1nccn1Cc1ccccc1. The van der Waals surface area contributed by atoms with Gasteiger partial charge in [0.05, 0.1) is 0 Å². The average Bonchev–Trinajstić information content (AvgIpc) is 3.09. The molecule has 0 aliphatic carbocycles. The van der Waals surface area contributed by atoms with E-state index < -0.39 is 0 Å². The Morgan fingerprint density at radius 3 is 2.67 bits per heavy atom. The Labute approximate surface area is 174 Å². The summed E-state index contributed by atoms with van der Waals surface area (Å²) in [7, 11) is 0. The number of carbonyl (C=O) groups is 1. The number of imidazole rings is 1. The average molecular weight is 413 g/mol. The fourth-order valence-corrected chi connectivity index (χ4v) is 3.40. The van der Waals surface area contributed by atoms with E-state index in [1.54, 1.807) is 0 Å². The Morgan fingerprint density at radius 2 is 1.93 bits per heavy atom. The molecule has 7 heteroatoms. The molecule has 0 bridgehead atoms. The second-order valence-electron chi connectivity index (χ2n) is 6.79. The van der Waals surface area contributed by atoms with Crippen LogP contribution in [0.4, 0.5) is 0 Å². The van der Waals surface area contributed by atoms with Gasteiger partial charge in [-0.1, -0.05) is 30.3 Å². The minimum Gasteiger partial charge on any atom is -0.356 e. The van der Waals surface area contributed by atoms with Gasteiger partial charge in [-0.25, -0.2) is 4.98 Å². The Kier molecular flexibility index (Phi) is 11.1. The van der Waals surface area contributed by atoms with E-state index >= 15 is 0 Å². The lowest BCUT2D eigenvalue weighted by molar-refractivity contribution is -0.121. The van der Waals surface area contributed by atoms with Crippen molar-refractivity contribution in [3.05, 3.63) is 54.1 Å². The minimum atomic E-state index is 0. The number of carbonyl (C=O) groups excluding carboxylic acids is 1. The smallest absolute Gasteiger partial charge is 0.220 e. The summed E-state index contributed by atoms with van der Waals surface area (Å²) in [5.74, 6) is 1.89. The Bertz CT molecular complexity index is 657. The maximum atomic E-state index is 12.0. The lowest BCUT2D eigenvalue weighted by atomic mass is 9.93. The molecule has 0 atom stereocenters. The van der Waals surface area contributed by atoms with E-state index in [2.05, 4.69) is 44.5 Å². The summed E-state index contributed by atoms with van der Waals surface area (Å²) < 4.78 is 2.15. The molecule has 1 saturated heterocycles. The van der Waals surface area contributed by atoms with Crippen molar-refractivity contribution >= 4 is 30.7 Å². The number of halogens is 2. The third-order valence-electron chi connectivity index (χ3n) is 4.91. The van der Waals surface area contributed by atoms with Crippen LogP contribution in [0.2, 0.25) is 0 Å². The molecule has 0 unspecified atom stereocenters. The van der Waals surface area contributed by atoms with Crippen molar-refractivity contribution in [3.8, 4) is 0 Å². The lowest BCUT2D eigenvalue weighted by Gasteiger charge is -2.22. The van der Waals surface area contributed by atoms with Crippen molar-refractivity contribution in [3.63, 3.8) is 0 Å². The highest BCUT2D eigenvalue weighted by Gasteiger charge is 2.14. The van der Waals surface area contributed by atoms with Crippen LogP contribution in [-0.2, 0) is 17.8 Å². The quantitative estimate of drug-likeness (QED) is 0.699. The molecule has 1 aromatic heterocycles. The molecular formula is C20H30Cl2N4O. The van der Waals surface area contributed by atoms with Crippen LogP contribution in [0.5, 0.6) is 0 Å². The summed E-state index contributed by atoms with van der Waals surface area (Å²) in [4.78, 5) is 16.5. The monoisotopic (exact) mass is 412 g/mol. The maximum absolute atomic E-state index is 12.0. The fraction of sp³-hybridized carbons (Fsp3) is 0.500. The minimum absolute atomic E-state index is 0. The van der Waals surface area contributed by atoms with Crippen LogP contribution >= 0.6 is 24.8 Å². The van der Waals surface area contributed by atoms with Crippen LogP contribution in [0.15, 0.2) is 42.7 Å². The number of piperidine rings is 1. The van der Waals surface area contributed by atoms with E-state index in [9.17, 15) is 4.79 Å². The zero-order chi connectivity index (χ0) is 17.3. The largest absolute Gasteiger partial charge is 0.356 e. The normalized spacial score (nSPS) is 14.1. The molecule has 0 spiro atoms. The number of nitrogens with one attached hydrogen (secondary N) is 2. The summed E-state index contributed by atoms with van der Waals surface area (Å²) in [6.07, 6.45) is 8.64. The van der Waals surface area contributed by atoms with Crippen LogP contribution in [0.3, 0.4) is 0 Å². The van der Waals surface area contributed by atoms with Crippen LogP contribution in [-0.4, -0.2) is 35.1 Å². The molecule has 2 aromatic rings. The van der Waals surface area contributed by atoms with E-state index in [-0.39, 0.29) is 30.7 Å². The summed E-state index contributed by atoms with van der Waals surface area (Å²) in [5, 5.41) is 6.41. The van der Waals surface area contributed by atoms with Crippen molar-refractivity contribution < 1.29 is 4.79 Å². The molecule has 150 valence electrons. The van der Waals surface area contributed by atoms with Gasteiger partial charge in [-0.05, 0) is 43.8 Å². The van der Waals surface area contributed by atoms with Gasteiger partial charge in [-0.3, -0.25) is 4.79 Å². The molecule has 1 aliphatic heterocycles. The Balaban J connectivity index is 0.00000182. The summed E-state index contributed by atoms with van der Waals surface area (Å²) >= 11 is 0. The highest BCUT2D eigenvalue weighted by atomic mass is 35.5. The molecule has 1 fully saturated rings. The summed E-state index contributed by atoms with van der Waals surface area (Å²) in [5.41, 5.74) is 1.26. The summed E-state index contributed by atoms with van der Waals surface area (Å²) in [6.45, 7) is 3.66. The van der Waals surface area contributed by atoms with Gasteiger partial charge in [-0.15, -0.1) is 24.8 Å². The van der Waals surface area contributed by atoms with Crippen molar-refractivity contribution in [2.45, 2.75) is 38.6 Å². The number of benzene rings is 1. The number of hydrogen-bond donors (Lipinski definition) is 2. The third-order valence-corrected chi connectivity index (χ3v) is 4.91. The first kappa shape index (κ1) is 23.5. The first-order chi connectivity index (χ1) is 12.3. The van der Waals surface area contributed by atoms with Gasteiger partial charge in [0.25, 0.3) is 0 Å². The molecular weight excluding hydrogens is 383 g/mol. The standard InChI is InChI=1S/C20H28N4O.2ClH/c25-20(7-6-17-8-11-21-12-9-17)23-13-10-19-22-14-15-24(19)16-18-4-2-1-3-5-18;;/h1-5,14-15,17,21H,6-13,16H2,(H,23,25);2*1H. The van der Waals surface area contributed by atoms with Gasteiger partial charge in [0.2, 0.25) is 5.91 Å². The first-order valence-electron chi connectivity index (χ1n) is 9.32. The molecule has 0 radical (unpaired) electrons. The number of amides is 1. The van der Waals surface area contributed by atoms with Crippen molar-refractivity contribution in [1.82, 2.24) is 20.2 Å². The van der Waals surface area contributed by atoms with Crippen LogP contribution in [0.1, 0.15) is 37.1 Å². The van der Waals surface area contributed by atoms with E-state index in [1.165, 1.54) is 18.4 Å². The van der Waals surface area contributed by atoms with Crippen molar-refractivity contribution in [2.24, 2.45) is 5.92 Å². The summed E-state index contributed by atoms with van der Waals surface area (Å²) in [6, 6.07) is 10.4. The van der Waals surface area contributed by atoms with Crippen molar-refractivity contribution in [2.75, 3.05) is 19.6 Å². The maximum Gasteiger partial charge on any atom is 0.220 e. The fourth-order valence-electron chi connectivity index (χ4n) is 3.40. The van der Waals surface area contributed by atoms with E-state index in [1.807, 2.05) is 18.5 Å².